The molecule has 0 radical (unpaired) electrons. The predicted molar refractivity (Wildman–Crippen MR) is 55.5 cm³/mol. The van der Waals surface area contributed by atoms with Crippen molar-refractivity contribution in [3.05, 3.63) is 40.4 Å². The maximum absolute atomic E-state index is 11.1. The summed E-state index contributed by atoms with van der Waals surface area (Å²) in [5.41, 5.74) is 1.39. The Balaban J connectivity index is 2.63. The van der Waals surface area contributed by atoms with Crippen molar-refractivity contribution in [3.8, 4) is 11.6 Å². The summed E-state index contributed by atoms with van der Waals surface area (Å²) < 4.78 is 6.76. The van der Waals surface area contributed by atoms with Crippen LogP contribution in [0.4, 0.5) is 0 Å². The molecule has 1 N–H and O–H groups in total. The van der Waals surface area contributed by atoms with Gasteiger partial charge >= 0.3 is 0 Å². The van der Waals surface area contributed by atoms with E-state index in [-0.39, 0.29) is 5.56 Å². The number of methoxy groups -OCH3 is 1. The quantitative estimate of drug-likeness (QED) is 0.791. The second-order valence-electron chi connectivity index (χ2n) is 3.13. The molecule has 2 heterocycles. The molecule has 0 aromatic carbocycles. The molecule has 0 aliphatic heterocycles. The summed E-state index contributed by atoms with van der Waals surface area (Å²) in [6.45, 7) is 1.84. The number of aromatic amines is 1. The molecule has 0 spiro atoms. The summed E-state index contributed by atoms with van der Waals surface area (Å²) in [5, 5.41) is 2.68. The van der Waals surface area contributed by atoms with Gasteiger partial charge in [-0.15, -0.1) is 0 Å². The molecular weight excluding hydrogens is 194 g/mol. The van der Waals surface area contributed by atoms with E-state index < -0.39 is 0 Å². The first-order chi connectivity index (χ1) is 7.22. The second-order valence-corrected chi connectivity index (χ2v) is 3.13. The van der Waals surface area contributed by atoms with Gasteiger partial charge in [0.1, 0.15) is 5.69 Å². The third-order valence-electron chi connectivity index (χ3n) is 2.10. The zero-order valence-electron chi connectivity index (χ0n) is 8.52. The lowest BCUT2D eigenvalue weighted by Gasteiger charge is -2.08. The van der Waals surface area contributed by atoms with Gasteiger partial charge in [-0.2, -0.15) is 0 Å². The Morgan fingerprint density at radius 1 is 1.53 bits per heavy atom. The lowest BCUT2D eigenvalue weighted by molar-refractivity contribution is 0.394. The van der Waals surface area contributed by atoms with E-state index in [0.29, 0.717) is 5.88 Å². The Kier molecular flexibility index (Phi) is 2.29. The van der Waals surface area contributed by atoms with Gasteiger partial charge in [-0.25, -0.2) is 4.98 Å². The van der Waals surface area contributed by atoms with Crippen molar-refractivity contribution in [2.45, 2.75) is 6.92 Å². The predicted octanol–water partition coefficient (Wildman–Crippen LogP) is 0.878. The van der Waals surface area contributed by atoms with E-state index in [1.807, 2.05) is 13.0 Å². The number of rotatable bonds is 2. The van der Waals surface area contributed by atoms with Crippen molar-refractivity contribution in [3.63, 3.8) is 0 Å². The van der Waals surface area contributed by atoms with Crippen molar-refractivity contribution in [1.29, 1.82) is 0 Å². The second kappa shape index (κ2) is 3.61. The van der Waals surface area contributed by atoms with E-state index >= 15 is 0 Å². The van der Waals surface area contributed by atoms with Gasteiger partial charge in [-0.1, -0.05) is 0 Å². The number of aryl methyl sites for hydroxylation is 1. The van der Waals surface area contributed by atoms with E-state index in [1.165, 1.54) is 6.07 Å². The highest BCUT2D eigenvalue weighted by molar-refractivity contribution is 5.41. The maximum atomic E-state index is 11.1. The molecule has 0 saturated carbocycles. The molecule has 0 amide bonds. The Hall–Kier alpha value is -2.04. The lowest BCUT2D eigenvalue weighted by atomic mass is 10.4. The Morgan fingerprint density at radius 3 is 2.93 bits per heavy atom. The summed E-state index contributed by atoms with van der Waals surface area (Å²) in [4.78, 5) is 15.2. The standard InChI is InChI=1S/C10H11N3O2/c1-7-6-9(14)12-13(7)8-4-3-5-11-10(8)15-2/h3-6H,1-2H3,(H,12,14). The largest absolute Gasteiger partial charge is 0.479 e. The van der Waals surface area contributed by atoms with Crippen molar-refractivity contribution in [1.82, 2.24) is 14.8 Å². The molecule has 78 valence electrons. The Labute approximate surface area is 86.3 Å². The van der Waals surface area contributed by atoms with Gasteiger partial charge in [-0.3, -0.25) is 14.6 Å². The maximum Gasteiger partial charge on any atom is 0.264 e. The van der Waals surface area contributed by atoms with E-state index in [0.717, 1.165) is 11.4 Å². The highest BCUT2D eigenvalue weighted by Crippen LogP contribution is 2.18. The van der Waals surface area contributed by atoms with Crippen molar-refractivity contribution < 1.29 is 4.74 Å². The van der Waals surface area contributed by atoms with Crippen LogP contribution in [0.1, 0.15) is 5.69 Å². The molecule has 0 fully saturated rings. The topological polar surface area (TPSA) is 59.9 Å². The molecule has 2 rings (SSSR count). The van der Waals surface area contributed by atoms with Gasteiger partial charge in [-0.05, 0) is 19.1 Å². The molecule has 0 atom stereocenters. The summed E-state index contributed by atoms with van der Waals surface area (Å²) in [6.07, 6.45) is 1.64. The number of aromatic nitrogens is 3. The highest BCUT2D eigenvalue weighted by Gasteiger charge is 2.08. The number of nitrogens with one attached hydrogen (secondary N) is 1. The minimum Gasteiger partial charge on any atom is -0.479 e. The van der Waals surface area contributed by atoms with Gasteiger partial charge < -0.3 is 4.74 Å². The number of ether oxygens (including phenoxy) is 1. The van der Waals surface area contributed by atoms with Crippen LogP contribution in [0.5, 0.6) is 5.88 Å². The van der Waals surface area contributed by atoms with Crippen LogP contribution in [-0.4, -0.2) is 21.9 Å². The van der Waals surface area contributed by atoms with Crippen LogP contribution >= 0.6 is 0 Å². The first kappa shape index (κ1) is 9.51. The third-order valence-corrected chi connectivity index (χ3v) is 2.10. The van der Waals surface area contributed by atoms with E-state index in [1.54, 1.807) is 24.1 Å². The molecule has 2 aromatic rings. The normalized spacial score (nSPS) is 10.3. The third kappa shape index (κ3) is 1.63. The number of nitrogens with zero attached hydrogens (tertiary/aromatic N) is 2. The molecule has 5 heteroatoms. The van der Waals surface area contributed by atoms with E-state index in [4.69, 9.17) is 4.74 Å². The van der Waals surface area contributed by atoms with Crippen LogP contribution in [-0.2, 0) is 0 Å². The minimum atomic E-state index is -0.140. The van der Waals surface area contributed by atoms with Crippen molar-refractivity contribution in [2.24, 2.45) is 0 Å². The molecule has 0 aliphatic rings. The average Bonchev–Trinajstić information content (AvgIpc) is 2.57. The summed E-state index contributed by atoms with van der Waals surface area (Å²) >= 11 is 0. The fourth-order valence-electron chi connectivity index (χ4n) is 1.44. The number of H-pyrrole nitrogens is 1. The van der Waals surface area contributed by atoms with Gasteiger partial charge in [0.05, 0.1) is 7.11 Å². The molecule has 0 saturated heterocycles. The summed E-state index contributed by atoms with van der Waals surface area (Å²) in [5.74, 6) is 0.479. The van der Waals surface area contributed by atoms with E-state index in [2.05, 4.69) is 10.1 Å². The van der Waals surface area contributed by atoms with Crippen LogP contribution in [0, 0.1) is 6.92 Å². The molecule has 0 unspecified atom stereocenters. The molecule has 15 heavy (non-hydrogen) atoms. The van der Waals surface area contributed by atoms with Gasteiger partial charge in [0.25, 0.3) is 5.56 Å². The molecule has 2 aromatic heterocycles. The van der Waals surface area contributed by atoms with E-state index in [9.17, 15) is 4.79 Å². The molecular formula is C10H11N3O2. The number of pyridine rings is 1. The Bertz CT molecular complexity index is 527. The number of hydrogen-bond donors (Lipinski definition) is 1. The van der Waals surface area contributed by atoms with Crippen LogP contribution in [0.15, 0.2) is 29.2 Å². The van der Waals surface area contributed by atoms with Gasteiger partial charge in [0.15, 0.2) is 0 Å². The average molecular weight is 205 g/mol. The van der Waals surface area contributed by atoms with Crippen LogP contribution in [0.25, 0.3) is 5.69 Å². The zero-order chi connectivity index (χ0) is 10.8. The summed E-state index contributed by atoms with van der Waals surface area (Å²) in [7, 11) is 1.54. The van der Waals surface area contributed by atoms with Crippen molar-refractivity contribution >= 4 is 0 Å². The highest BCUT2D eigenvalue weighted by atomic mass is 16.5. The smallest absolute Gasteiger partial charge is 0.264 e. The summed E-state index contributed by atoms with van der Waals surface area (Å²) in [6, 6.07) is 5.14. The lowest BCUT2D eigenvalue weighted by Crippen LogP contribution is -2.06. The molecule has 0 aliphatic carbocycles. The fraction of sp³-hybridized carbons (Fsp3) is 0.200. The number of hydrogen-bond acceptors (Lipinski definition) is 3. The molecule has 5 nitrogen and oxygen atoms in total. The SMILES string of the molecule is COc1ncccc1-n1[nH]c(=O)cc1C. The minimum absolute atomic E-state index is 0.140. The van der Waals surface area contributed by atoms with Gasteiger partial charge in [0.2, 0.25) is 5.88 Å². The van der Waals surface area contributed by atoms with Gasteiger partial charge in [0, 0.05) is 18.0 Å². The zero-order valence-corrected chi connectivity index (χ0v) is 8.52. The van der Waals surface area contributed by atoms with Crippen LogP contribution in [0.2, 0.25) is 0 Å². The van der Waals surface area contributed by atoms with Crippen molar-refractivity contribution in [2.75, 3.05) is 7.11 Å². The Morgan fingerprint density at radius 2 is 2.33 bits per heavy atom. The first-order valence-electron chi connectivity index (χ1n) is 4.50. The monoisotopic (exact) mass is 205 g/mol. The molecule has 0 bridgehead atoms. The van der Waals surface area contributed by atoms with Crippen LogP contribution < -0.4 is 10.3 Å². The first-order valence-corrected chi connectivity index (χ1v) is 4.50. The van der Waals surface area contributed by atoms with Crippen LogP contribution in [0.3, 0.4) is 0 Å². The fourth-order valence-corrected chi connectivity index (χ4v) is 1.44.